The van der Waals surface area contributed by atoms with Crippen molar-refractivity contribution < 1.29 is 8.42 Å². The molecule has 0 spiro atoms. The van der Waals surface area contributed by atoms with E-state index >= 15 is 0 Å². The van der Waals surface area contributed by atoms with Gasteiger partial charge >= 0.3 is 0 Å². The van der Waals surface area contributed by atoms with Crippen LogP contribution in [0.3, 0.4) is 0 Å². The summed E-state index contributed by atoms with van der Waals surface area (Å²) in [6, 6.07) is 4.19. The van der Waals surface area contributed by atoms with E-state index in [2.05, 4.69) is 33.7 Å². The summed E-state index contributed by atoms with van der Waals surface area (Å²) in [6.45, 7) is 3.25. The highest BCUT2D eigenvalue weighted by Crippen LogP contribution is 2.34. The molecule has 3 aromatic heterocycles. The largest absolute Gasteiger partial charge is 0.346 e. The first-order chi connectivity index (χ1) is 11.9. The van der Waals surface area contributed by atoms with Crippen LogP contribution in [-0.4, -0.2) is 58.7 Å². The number of nitrogens with zero attached hydrogens (tertiary/aromatic N) is 4. The average molecular weight is 361 g/mol. The Labute approximate surface area is 147 Å². The number of nitrogens with one attached hydrogen (secondary N) is 1. The van der Waals surface area contributed by atoms with E-state index in [1.165, 1.54) is 4.31 Å². The number of hydrogen-bond acceptors (Lipinski definition) is 3. The Morgan fingerprint density at radius 1 is 1.32 bits per heavy atom. The average Bonchev–Trinajstić information content (AvgIpc) is 3.20. The minimum Gasteiger partial charge on any atom is -0.346 e. The number of H-pyrrole nitrogens is 1. The van der Waals surface area contributed by atoms with Crippen molar-refractivity contribution in [2.24, 2.45) is 5.92 Å². The van der Waals surface area contributed by atoms with Gasteiger partial charge < -0.3 is 9.55 Å². The van der Waals surface area contributed by atoms with E-state index in [0.717, 1.165) is 28.4 Å². The molecule has 0 aromatic carbocycles. The monoisotopic (exact) mass is 361 g/mol. The SMILES string of the molecule is C[C@@H]1CCN(S(=O)(=O)N(C)C)C[C@@H]1n1ccc2cnc3[nH]ccc3c21. The summed E-state index contributed by atoms with van der Waals surface area (Å²) < 4.78 is 30.3. The molecule has 3 aromatic rings. The van der Waals surface area contributed by atoms with Crippen LogP contribution in [-0.2, 0) is 10.2 Å². The quantitative estimate of drug-likeness (QED) is 0.777. The van der Waals surface area contributed by atoms with E-state index in [9.17, 15) is 8.42 Å². The summed E-state index contributed by atoms with van der Waals surface area (Å²) in [5, 5.41) is 2.15. The smallest absolute Gasteiger partial charge is 0.281 e. The molecule has 2 atom stereocenters. The highest BCUT2D eigenvalue weighted by atomic mass is 32.2. The topological polar surface area (TPSA) is 74.2 Å². The lowest BCUT2D eigenvalue weighted by Crippen LogP contribution is -2.47. The number of rotatable bonds is 3. The Kier molecular flexibility index (Phi) is 3.86. The van der Waals surface area contributed by atoms with Crippen LogP contribution in [0.4, 0.5) is 0 Å². The van der Waals surface area contributed by atoms with Crippen molar-refractivity contribution in [3.8, 4) is 0 Å². The lowest BCUT2D eigenvalue weighted by Gasteiger charge is -2.38. The number of aromatic amines is 1. The highest BCUT2D eigenvalue weighted by Gasteiger charge is 2.35. The van der Waals surface area contributed by atoms with E-state index in [-0.39, 0.29) is 6.04 Å². The third kappa shape index (κ3) is 2.56. The van der Waals surface area contributed by atoms with Gasteiger partial charge in [0.25, 0.3) is 10.2 Å². The van der Waals surface area contributed by atoms with E-state index in [1.54, 1.807) is 18.4 Å². The lowest BCUT2D eigenvalue weighted by molar-refractivity contribution is 0.198. The molecule has 1 aliphatic heterocycles. The Morgan fingerprint density at radius 2 is 2.12 bits per heavy atom. The van der Waals surface area contributed by atoms with Crippen molar-refractivity contribution in [3.05, 3.63) is 30.7 Å². The molecule has 0 aliphatic carbocycles. The number of pyridine rings is 1. The molecule has 1 saturated heterocycles. The number of piperidine rings is 1. The van der Waals surface area contributed by atoms with Crippen molar-refractivity contribution in [1.82, 2.24) is 23.1 Å². The van der Waals surface area contributed by atoms with E-state index in [4.69, 9.17) is 0 Å². The van der Waals surface area contributed by atoms with Gasteiger partial charge in [0.05, 0.1) is 11.6 Å². The molecule has 4 heterocycles. The maximum atomic E-state index is 12.6. The summed E-state index contributed by atoms with van der Waals surface area (Å²) >= 11 is 0. The van der Waals surface area contributed by atoms with Gasteiger partial charge in [0.15, 0.2) is 0 Å². The summed E-state index contributed by atoms with van der Waals surface area (Å²) in [7, 11) is -0.226. The van der Waals surface area contributed by atoms with Crippen molar-refractivity contribution in [2.45, 2.75) is 19.4 Å². The molecule has 0 saturated carbocycles. The van der Waals surface area contributed by atoms with Gasteiger partial charge in [-0.05, 0) is 24.5 Å². The maximum Gasteiger partial charge on any atom is 0.281 e. The third-order valence-electron chi connectivity index (χ3n) is 5.29. The molecule has 0 amide bonds. The molecule has 0 unspecified atom stereocenters. The summed E-state index contributed by atoms with van der Waals surface area (Å²) in [5.41, 5.74) is 1.97. The molecule has 1 fully saturated rings. The second kappa shape index (κ2) is 5.82. The number of aromatic nitrogens is 3. The van der Waals surface area contributed by atoms with Crippen LogP contribution < -0.4 is 0 Å². The Hall–Kier alpha value is -1.90. The van der Waals surface area contributed by atoms with Gasteiger partial charge in [0.2, 0.25) is 0 Å². The zero-order valence-corrected chi connectivity index (χ0v) is 15.5. The molecule has 1 aliphatic rings. The molecule has 0 bridgehead atoms. The zero-order valence-electron chi connectivity index (χ0n) is 14.7. The normalized spacial score (nSPS) is 23.0. The maximum absolute atomic E-state index is 12.6. The predicted molar refractivity (Wildman–Crippen MR) is 98.6 cm³/mol. The molecule has 4 rings (SSSR count). The summed E-state index contributed by atoms with van der Waals surface area (Å²) in [4.78, 5) is 7.60. The van der Waals surface area contributed by atoms with Gasteiger partial charge in [0, 0.05) is 56.5 Å². The van der Waals surface area contributed by atoms with Crippen LogP contribution >= 0.6 is 0 Å². The van der Waals surface area contributed by atoms with Crippen molar-refractivity contribution in [1.29, 1.82) is 0 Å². The lowest BCUT2D eigenvalue weighted by atomic mass is 9.94. The van der Waals surface area contributed by atoms with E-state index < -0.39 is 10.2 Å². The van der Waals surface area contributed by atoms with E-state index in [0.29, 0.717) is 19.0 Å². The molecule has 7 nitrogen and oxygen atoms in total. The van der Waals surface area contributed by atoms with Crippen LogP contribution in [0.1, 0.15) is 19.4 Å². The van der Waals surface area contributed by atoms with Crippen LogP contribution in [0.25, 0.3) is 21.9 Å². The first kappa shape index (κ1) is 16.6. The highest BCUT2D eigenvalue weighted by molar-refractivity contribution is 7.86. The van der Waals surface area contributed by atoms with Gasteiger partial charge in [-0.3, -0.25) is 0 Å². The van der Waals surface area contributed by atoms with Crippen LogP contribution in [0.2, 0.25) is 0 Å². The third-order valence-corrected chi connectivity index (χ3v) is 7.19. The minimum absolute atomic E-state index is 0.0986. The van der Waals surface area contributed by atoms with Crippen molar-refractivity contribution in [2.75, 3.05) is 27.2 Å². The molecular weight excluding hydrogens is 338 g/mol. The van der Waals surface area contributed by atoms with Gasteiger partial charge in [-0.1, -0.05) is 6.92 Å². The molecule has 0 radical (unpaired) electrons. The van der Waals surface area contributed by atoms with Crippen LogP contribution in [0, 0.1) is 5.92 Å². The fraction of sp³-hybridized carbons (Fsp3) is 0.471. The molecule has 1 N–H and O–H groups in total. The zero-order chi connectivity index (χ0) is 17.8. The fourth-order valence-electron chi connectivity index (χ4n) is 3.75. The van der Waals surface area contributed by atoms with E-state index in [1.807, 2.05) is 18.5 Å². The first-order valence-electron chi connectivity index (χ1n) is 8.50. The standard InChI is InChI=1S/C17H23N5O2S/c1-12-5-8-21(25(23,24)20(2)3)11-15(12)22-9-6-13-10-19-17-14(16(13)22)4-7-18-17/h4,6-7,9-10,12,15H,5,8,11H2,1-3H3,(H,18,19)/t12-,15+/m1/s1. The summed E-state index contributed by atoms with van der Waals surface area (Å²) in [5.74, 6) is 0.395. The Bertz CT molecular complexity index is 1020. The Morgan fingerprint density at radius 3 is 2.88 bits per heavy atom. The second-order valence-electron chi connectivity index (χ2n) is 7.01. The first-order valence-corrected chi connectivity index (χ1v) is 9.89. The van der Waals surface area contributed by atoms with Crippen LogP contribution in [0.5, 0.6) is 0 Å². The van der Waals surface area contributed by atoms with Gasteiger partial charge in [-0.15, -0.1) is 0 Å². The summed E-state index contributed by atoms with van der Waals surface area (Å²) in [6.07, 6.45) is 6.67. The molecule has 134 valence electrons. The van der Waals surface area contributed by atoms with Gasteiger partial charge in [-0.25, -0.2) is 4.98 Å². The Balaban J connectivity index is 1.80. The number of hydrogen-bond donors (Lipinski definition) is 1. The van der Waals surface area contributed by atoms with Gasteiger partial charge in [0.1, 0.15) is 5.65 Å². The predicted octanol–water partition coefficient (Wildman–Crippen LogP) is 2.21. The van der Waals surface area contributed by atoms with Crippen LogP contribution in [0.15, 0.2) is 30.7 Å². The molecular formula is C17H23N5O2S. The molecule has 25 heavy (non-hydrogen) atoms. The van der Waals surface area contributed by atoms with Gasteiger partial charge in [-0.2, -0.15) is 17.0 Å². The van der Waals surface area contributed by atoms with Crippen molar-refractivity contribution in [3.63, 3.8) is 0 Å². The second-order valence-corrected chi connectivity index (χ2v) is 9.15. The number of fused-ring (bicyclic) bond motifs is 3. The molecule has 8 heteroatoms. The minimum atomic E-state index is -3.40. The fourth-order valence-corrected chi connectivity index (χ4v) is 4.89. The van der Waals surface area contributed by atoms with Crippen molar-refractivity contribution >= 4 is 32.1 Å².